The summed E-state index contributed by atoms with van der Waals surface area (Å²) in [4.78, 5) is 15.1. The lowest BCUT2D eigenvalue weighted by Crippen LogP contribution is -2.18. The zero-order chi connectivity index (χ0) is 19.4. The third kappa shape index (κ3) is 17.5. The van der Waals surface area contributed by atoms with Crippen molar-refractivity contribution in [2.75, 3.05) is 11.1 Å². The van der Waals surface area contributed by atoms with Crippen LogP contribution in [0.1, 0.15) is 32.6 Å². The smallest absolute Gasteiger partial charge is 0.180 e. The van der Waals surface area contributed by atoms with E-state index < -0.39 is 0 Å². The van der Waals surface area contributed by atoms with Crippen LogP contribution in [0.3, 0.4) is 0 Å². The minimum absolute atomic E-state index is 0. The van der Waals surface area contributed by atoms with Gasteiger partial charge in [-0.1, -0.05) is 98.9 Å². The molecule has 6 nitrogen and oxygen atoms in total. The highest BCUT2D eigenvalue weighted by Gasteiger charge is 2.00. The molecule has 0 fully saturated rings. The van der Waals surface area contributed by atoms with Gasteiger partial charge in [0.15, 0.2) is 16.0 Å². The standard InChI is InChI=1S/C9H8N2S.C8H7BrO.CH4N2S.3CH4.BrH.H2O/c10-9-11-8(6-12-9)7-4-2-1-3-5-7;9-6-8(10)7-4-2-1-3-5-7;2-1(3)4;;;;;/h1-6H,(H2,10,11);1-5H,6H2;(H4,2,3,4);3*1H4;1H;1H2. The van der Waals surface area contributed by atoms with Crippen LogP contribution in [-0.4, -0.2) is 26.7 Å². The largest absolute Gasteiger partial charge is 0.412 e. The molecule has 0 atom stereocenters. The summed E-state index contributed by atoms with van der Waals surface area (Å²) >= 11 is 8.66. The van der Waals surface area contributed by atoms with Crippen LogP contribution in [0.15, 0.2) is 66.0 Å². The molecule has 0 spiro atoms. The van der Waals surface area contributed by atoms with Crippen molar-refractivity contribution in [2.24, 2.45) is 11.5 Å². The number of hydrogen-bond donors (Lipinski definition) is 3. The molecule has 0 bridgehead atoms. The quantitative estimate of drug-likeness (QED) is 0.207. The predicted molar refractivity (Wildman–Crippen MR) is 152 cm³/mol. The molecule has 0 saturated carbocycles. The number of benzene rings is 2. The summed E-state index contributed by atoms with van der Waals surface area (Å²) in [5.41, 5.74) is 17.6. The van der Waals surface area contributed by atoms with Crippen molar-refractivity contribution in [3.05, 3.63) is 71.6 Å². The van der Waals surface area contributed by atoms with Crippen LogP contribution >= 0.6 is 56.5 Å². The molecule has 0 aliphatic rings. The fraction of sp³-hybridized carbons (Fsp3) is 0.190. The monoisotopic (exact) mass is 596 g/mol. The summed E-state index contributed by atoms with van der Waals surface area (Å²) in [7, 11) is 0. The molecule has 1 heterocycles. The molecule has 10 heteroatoms. The second-order valence-corrected chi connectivity index (χ2v) is 6.68. The molecule has 8 N–H and O–H groups in total. The SMILES string of the molecule is Br.C.C.C.NC(N)=S.Nc1nc(-c2ccccc2)cs1.O.O=C(CBr)c1ccccc1. The van der Waals surface area contributed by atoms with Crippen molar-refractivity contribution in [3.63, 3.8) is 0 Å². The van der Waals surface area contributed by atoms with Crippen molar-refractivity contribution in [3.8, 4) is 11.3 Å². The summed E-state index contributed by atoms with van der Waals surface area (Å²) in [6.45, 7) is 0. The van der Waals surface area contributed by atoms with Crippen LogP contribution in [0.5, 0.6) is 0 Å². The maximum atomic E-state index is 11.0. The number of anilines is 1. The van der Waals surface area contributed by atoms with E-state index in [9.17, 15) is 4.79 Å². The highest BCUT2D eigenvalue weighted by Crippen LogP contribution is 2.22. The average molecular weight is 598 g/mol. The molecule has 3 rings (SSSR count). The maximum Gasteiger partial charge on any atom is 0.180 e. The van der Waals surface area contributed by atoms with Crippen molar-refractivity contribution in [2.45, 2.75) is 22.3 Å². The zero-order valence-corrected chi connectivity index (χ0v) is 19.7. The molecule has 0 amide bonds. The van der Waals surface area contributed by atoms with Crippen LogP contribution in [0.2, 0.25) is 0 Å². The highest BCUT2D eigenvalue weighted by atomic mass is 79.9. The van der Waals surface area contributed by atoms with Gasteiger partial charge < -0.3 is 22.7 Å². The molecule has 3 aromatic rings. The van der Waals surface area contributed by atoms with Crippen molar-refractivity contribution >= 4 is 72.5 Å². The van der Waals surface area contributed by atoms with Gasteiger partial charge in [0.2, 0.25) is 0 Å². The number of thiocarbonyl (C=S) groups is 1. The van der Waals surface area contributed by atoms with Gasteiger partial charge in [0, 0.05) is 16.5 Å². The van der Waals surface area contributed by atoms with Gasteiger partial charge in [-0.15, -0.1) is 28.3 Å². The van der Waals surface area contributed by atoms with Crippen molar-refractivity contribution < 1.29 is 10.3 Å². The molecule has 2 aromatic carbocycles. The average Bonchev–Trinajstić information content (AvgIpc) is 3.09. The Hall–Kier alpha value is -1.85. The summed E-state index contributed by atoms with van der Waals surface area (Å²) < 4.78 is 0. The van der Waals surface area contributed by atoms with Crippen LogP contribution in [0, 0.1) is 0 Å². The number of nitrogens with two attached hydrogens (primary N) is 3. The molecule has 0 aliphatic heterocycles. The molecule has 0 radical (unpaired) electrons. The minimum atomic E-state index is 0. The number of aromatic nitrogens is 1. The number of nitrogens with zero attached hydrogens (tertiary/aromatic N) is 1. The first-order valence-electron chi connectivity index (χ1n) is 7.39. The molecule has 1 aromatic heterocycles. The number of nitrogen functional groups attached to an aromatic ring is 1. The Morgan fingerprint density at radius 2 is 1.39 bits per heavy atom. The molecule has 176 valence electrons. The van der Waals surface area contributed by atoms with Gasteiger partial charge in [-0.25, -0.2) is 4.98 Å². The molecule has 31 heavy (non-hydrogen) atoms. The van der Waals surface area contributed by atoms with E-state index >= 15 is 0 Å². The number of rotatable bonds is 3. The fourth-order valence-electron chi connectivity index (χ4n) is 1.73. The Balaban J connectivity index is -0.000000110. The zero-order valence-electron chi connectivity index (χ0n) is 14.7. The summed E-state index contributed by atoms with van der Waals surface area (Å²) in [6, 6.07) is 19.2. The van der Waals surface area contributed by atoms with Gasteiger partial charge in [-0.05, 0) is 12.2 Å². The molecular formula is C21H34Br2N4O2S2. The molecule has 0 aliphatic carbocycles. The Morgan fingerprint density at radius 1 is 0.968 bits per heavy atom. The second-order valence-electron chi connectivity index (χ2n) is 4.76. The number of ketones is 1. The van der Waals surface area contributed by atoms with Crippen LogP contribution in [-0.2, 0) is 0 Å². The molecular weight excluding hydrogens is 564 g/mol. The molecule has 0 unspecified atom stereocenters. The first kappa shape index (κ1) is 39.6. The van der Waals surface area contributed by atoms with Crippen molar-refractivity contribution in [1.29, 1.82) is 0 Å². The van der Waals surface area contributed by atoms with Crippen molar-refractivity contribution in [1.82, 2.24) is 4.98 Å². The van der Waals surface area contributed by atoms with Gasteiger partial charge >= 0.3 is 0 Å². The lowest BCUT2D eigenvalue weighted by molar-refractivity contribution is 0.102. The van der Waals surface area contributed by atoms with E-state index in [-0.39, 0.29) is 55.6 Å². The minimum Gasteiger partial charge on any atom is -0.412 e. The Kier molecular flexibility index (Phi) is 29.2. The van der Waals surface area contributed by atoms with Gasteiger partial charge in [0.1, 0.15) is 0 Å². The third-order valence-electron chi connectivity index (χ3n) is 2.81. The summed E-state index contributed by atoms with van der Waals surface area (Å²) in [5.74, 6) is 0.126. The number of hydrogen-bond acceptors (Lipinski definition) is 5. The van der Waals surface area contributed by atoms with E-state index in [0.29, 0.717) is 10.5 Å². The van der Waals surface area contributed by atoms with Crippen LogP contribution in [0.25, 0.3) is 11.3 Å². The first-order chi connectivity index (χ1) is 12.4. The Bertz CT molecular complexity index is 817. The maximum absolute atomic E-state index is 11.0. The highest BCUT2D eigenvalue weighted by molar-refractivity contribution is 9.09. The van der Waals surface area contributed by atoms with E-state index in [1.165, 1.54) is 11.3 Å². The van der Waals surface area contributed by atoms with Gasteiger partial charge in [-0.2, -0.15) is 0 Å². The number of halogens is 2. The summed E-state index contributed by atoms with van der Waals surface area (Å²) in [5, 5.41) is 2.98. The Morgan fingerprint density at radius 3 is 1.74 bits per heavy atom. The number of carbonyl (C=O) groups is 1. The third-order valence-corrected chi connectivity index (χ3v) is 3.99. The second kappa shape index (κ2) is 22.8. The van der Waals surface area contributed by atoms with E-state index in [2.05, 4.69) is 44.6 Å². The van der Waals surface area contributed by atoms with E-state index in [0.717, 1.165) is 16.8 Å². The number of carbonyl (C=O) groups excluding carboxylic acids is 1. The molecule has 0 saturated heterocycles. The van der Waals surface area contributed by atoms with E-state index in [4.69, 9.17) is 5.73 Å². The topological polar surface area (TPSA) is 140 Å². The van der Waals surface area contributed by atoms with E-state index in [1.54, 1.807) is 0 Å². The summed E-state index contributed by atoms with van der Waals surface area (Å²) in [6.07, 6.45) is 0. The normalized spacial score (nSPS) is 7.65. The van der Waals surface area contributed by atoms with Gasteiger partial charge in [0.05, 0.1) is 11.0 Å². The number of Topliss-reactive ketones (excluding diaryl/α,β-unsaturated/α-hetero) is 1. The first-order valence-corrected chi connectivity index (χ1v) is 9.80. The number of thiazole rings is 1. The van der Waals surface area contributed by atoms with E-state index in [1.807, 2.05) is 66.0 Å². The lowest BCUT2D eigenvalue weighted by Gasteiger charge is -1.92. The lowest BCUT2D eigenvalue weighted by atomic mass is 10.2. The predicted octanol–water partition coefficient (Wildman–Crippen LogP) is 5.51. The van der Waals surface area contributed by atoms with Crippen LogP contribution in [0.4, 0.5) is 5.13 Å². The van der Waals surface area contributed by atoms with Gasteiger partial charge in [0.25, 0.3) is 0 Å². The Labute approximate surface area is 214 Å². The fourth-order valence-corrected chi connectivity index (χ4v) is 2.63. The number of alkyl halides is 1. The van der Waals surface area contributed by atoms with Crippen LogP contribution < -0.4 is 17.2 Å². The van der Waals surface area contributed by atoms with Gasteiger partial charge in [-0.3, -0.25) is 4.79 Å².